The monoisotopic (exact) mass is 251 g/mol. The van der Waals surface area contributed by atoms with E-state index in [1.807, 2.05) is 4.90 Å². The predicted molar refractivity (Wildman–Crippen MR) is 66.6 cm³/mol. The highest BCUT2D eigenvalue weighted by molar-refractivity contribution is 5.85. The third kappa shape index (κ3) is 1.81. The molecule has 2 aliphatic heterocycles. The van der Waals surface area contributed by atoms with E-state index in [0.29, 0.717) is 6.54 Å². The Morgan fingerprint density at radius 2 is 2.11 bits per heavy atom. The molecule has 18 heavy (non-hydrogen) atoms. The number of carbonyl (C=O) groups is 2. The summed E-state index contributed by atoms with van der Waals surface area (Å²) in [6.07, 6.45) is 4.76. The summed E-state index contributed by atoms with van der Waals surface area (Å²) in [6, 6.07) is 0.0921. The summed E-state index contributed by atoms with van der Waals surface area (Å²) < 4.78 is 0. The van der Waals surface area contributed by atoms with Crippen LogP contribution in [-0.2, 0) is 9.59 Å². The molecule has 0 aromatic rings. The van der Waals surface area contributed by atoms with Gasteiger partial charge in [-0.05, 0) is 25.7 Å². The number of carbonyl (C=O) groups excluding carboxylic acids is 2. The molecular weight excluding hydrogens is 230 g/mol. The molecule has 3 fully saturated rings. The Morgan fingerprint density at radius 3 is 2.83 bits per heavy atom. The molecule has 100 valence electrons. The maximum atomic E-state index is 12.6. The van der Waals surface area contributed by atoms with Crippen molar-refractivity contribution < 1.29 is 9.59 Å². The number of nitrogens with two attached hydrogens (primary N) is 1. The summed E-state index contributed by atoms with van der Waals surface area (Å²) >= 11 is 0. The minimum Gasteiger partial charge on any atom is -0.354 e. The van der Waals surface area contributed by atoms with Crippen LogP contribution >= 0.6 is 0 Å². The topological polar surface area (TPSA) is 75.4 Å². The van der Waals surface area contributed by atoms with Crippen LogP contribution in [0.5, 0.6) is 0 Å². The Kier molecular flexibility index (Phi) is 3.01. The minimum atomic E-state index is -0.0144. The molecule has 1 saturated carbocycles. The summed E-state index contributed by atoms with van der Waals surface area (Å²) in [5, 5.41) is 2.88. The lowest BCUT2D eigenvalue weighted by Gasteiger charge is -2.38. The number of nitrogens with one attached hydrogen (secondary N) is 1. The highest BCUT2D eigenvalue weighted by Gasteiger charge is 2.45. The number of likely N-dealkylation sites (tertiary alicyclic amines) is 1. The van der Waals surface area contributed by atoms with Crippen LogP contribution < -0.4 is 11.1 Å². The molecule has 0 radical (unpaired) electrons. The van der Waals surface area contributed by atoms with Crippen LogP contribution in [0.3, 0.4) is 0 Å². The minimum absolute atomic E-state index is 0.0142. The third-order valence-electron chi connectivity index (χ3n) is 4.77. The molecule has 4 unspecified atom stereocenters. The van der Waals surface area contributed by atoms with Gasteiger partial charge in [0.2, 0.25) is 11.8 Å². The largest absolute Gasteiger partial charge is 0.354 e. The molecule has 2 amide bonds. The first kappa shape index (κ1) is 12.0. The van der Waals surface area contributed by atoms with E-state index < -0.39 is 0 Å². The highest BCUT2D eigenvalue weighted by Crippen LogP contribution is 2.32. The van der Waals surface area contributed by atoms with Gasteiger partial charge in [0.05, 0.1) is 17.9 Å². The van der Waals surface area contributed by atoms with Gasteiger partial charge in [-0.1, -0.05) is 6.42 Å². The van der Waals surface area contributed by atoms with Gasteiger partial charge in [-0.15, -0.1) is 0 Å². The summed E-state index contributed by atoms with van der Waals surface area (Å²) in [4.78, 5) is 26.2. The molecule has 0 spiro atoms. The third-order valence-corrected chi connectivity index (χ3v) is 4.77. The van der Waals surface area contributed by atoms with Crippen molar-refractivity contribution in [2.45, 2.75) is 44.2 Å². The summed E-state index contributed by atoms with van der Waals surface area (Å²) in [7, 11) is 0. The maximum Gasteiger partial charge on any atom is 0.227 e. The van der Waals surface area contributed by atoms with Crippen molar-refractivity contribution in [3.63, 3.8) is 0 Å². The van der Waals surface area contributed by atoms with Crippen LogP contribution in [0.4, 0.5) is 0 Å². The van der Waals surface area contributed by atoms with Gasteiger partial charge in [-0.25, -0.2) is 0 Å². The molecule has 0 bridgehead atoms. The van der Waals surface area contributed by atoms with Crippen LogP contribution in [0.15, 0.2) is 0 Å². The van der Waals surface area contributed by atoms with Crippen molar-refractivity contribution in [2.75, 3.05) is 13.1 Å². The van der Waals surface area contributed by atoms with Crippen molar-refractivity contribution in [2.24, 2.45) is 17.6 Å². The van der Waals surface area contributed by atoms with Gasteiger partial charge >= 0.3 is 0 Å². The van der Waals surface area contributed by atoms with E-state index in [1.165, 1.54) is 0 Å². The average Bonchev–Trinajstić information content (AvgIpc) is 2.95. The fourth-order valence-corrected chi connectivity index (χ4v) is 3.73. The standard InChI is InChI=1S/C13H21N3O2/c14-10-5-1-3-8(10)13(18)16-6-2-4-9-11(16)7-15-12(9)17/h8-11H,1-7,14H2,(H,15,17). The van der Waals surface area contributed by atoms with E-state index in [9.17, 15) is 9.59 Å². The second-order valence-electron chi connectivity index (χ2n) is 5.79. The number of fused-ring (bicyclic) bond motifs is 1. The predicted octanol–water partition coefficient (Wildman–Crippen LogP) is -0.149. The summed E-state index contributed by atoms with van der Waals surface area (Å²) in [6.45, 7) is 1.41. The molecule has 5 nitrogen and oxygen atoms in total. The smallest absolute Gasteiger partial charge is 0.227 e. The van der Waals surface area contributed by atoms with E-state index >= 15 is 0 Å². The number of piperidine rings is 1. The van der Waals surface area contributed by atoms with Crippen molar-refractivity contribution >= 4 is 11.8 Å². The molecule has 4 atom stereocenters. The van der Waals surface area contributed by atoms with Crippen LogP contribution in [0.25, 0.3) is 0 Å². The molecule has 0 aromatic heterocycles. The molecule has 3 N–H and O–H groups in total. The number of rotatable bonds is 1. The van der Waals surface area contributed by atoms with E-state index in [4.69, 9.17) is 5.73 Å². The summed E-state index contributed by atoms with van der Waals surface area (Å²) in [5.74, 6) is 0.305. The molecule has 5 heteroatoms. The maximum absolute atomic E-state index is 12.6. The molecule has 1 aliphatic carbocycles. The Labute approximate surface area is 107 Å². The fraction of sp³-hybridized carbons (Fsp3) is 0.846. The van der Waals surface area contributed by atoms with Gasteiger partial charge in [-0.2, -0.15) is 0 Å². The van der Waals surface area contributed by atoms with Gasteiger partial charge in [0, 0.05) is 19.1 Å². The van der Waals surface area contributed by atoms with Gasteiger partial charge in [0.1, 0.15) is 0 Å². The Hall–Kier alpha value is -1.10. The Bertz CT molecular complexity index is 371. The van der Waals surface area contributed by atoms with Crippen LogP contribution in [0, 0.1) is 11.8 Å². The first-order chi connectivity index (χ1) is 8.68. The Balaban J connectivity index is 1.75. The zero-order chi connectivity index (χ0) is 12.7. The van der Waals surface area contributed by atoms with Gasteiger partial charge in [0.25, 0.3) is 0 Å². The van der Waals surface area contributed by atoms with E-state index in [0.717, 1.165) is 38.6 Å². The van der Waals surface area contributed by atoms with Crippen LogP contribution in [0.1, 0.15) is 32.1 Å². The van der Waals surface area contributed by atoms with Crippen LogP contribution in [0.2, 0.25) is 0 Å². The number of hydrogen-bond acceptors (Lipinski definition) is 3. The first-order valence-corrected chi connectivity index (χ1v) is 7.02. The van der Waals surface area contributed by atoms with E-state index in [2.05, 4.69) is 5.32 Å². The number of amides is 2. The average molecular weight is 251 g/mol. The van der Waals surface area contributed by atoms with E-state index in [1.54, 1.807) is 0 Å². The molecule has 2 heterocycles. The molecule has 3 rings (SSSR count). The Morgan fingerprint density at radius 1 is 1.28 bits per heavy atom. The zero-order valence-corrected chi connectivity index (χ0v) is 10.6. The lowest BCUT2D eigenvalue weighted by molar-refractivity contribution is -0.141. The number of hydrogen-bond donors (Lipinski definition) is 2. The molecule has 0 aromatic carbocycles. The van der Waals surface area contributed by atoms with Crippen molar-refractivity contribution in [3.05, 3.63) is 0 Å². The molecular formula is C13H21N3O2. The zero-order valence-electron chi connectivity index (χ0n) is 10.6. The summed E-state index contributed by atoms with van der Waals surface area (Å²) in [5.41, 5.74) is 6.02. The van der Waals surface area contributed by atoms with E-state index in [-0.39, 0.29) is 35.7 Å². The van der Waals surface area contributed by atoms with Crippen molar-refractivity contribution in [3.8, 4) is 0 Å². The number of nitrogens with zero attached hydrogens (tertiary/aromatic N) is 1. The van der Waals surface area contributed by atoms with Gasteiger partial charge in [0.15, 0.2) is 0 Å². The van der Waals surface area contributed by atoms with Crippen molar-refractivity contribution in [1.29, 1.82) is 0 Å². The second kappa shape index (κ2) is 4.53. The van der Waals surface area contributed by atoms with Gasteiger partial charge < -0.3 is 16.0 Å². The highest BCUT2D eigenvalue weighted by atomic mass is 16.2. The SMILES string of the molecule is NC1CCCC1C(=O)N1CCCC2C(=O)NCC21. The van der Waals surface area contributed by atoms with Crippen LogP contribution in [-0.4, -0.2) is 41.9 Å². The first-order valence-electron chi connectivity index (χ1n) is 7.02. The quantitative estimate of drug-likeness (QED) is 0.680. The second-order valence-corrected chi connectivity index (χ2v) is 5.79. The fourth-order valence-electron chi connectivity index (χ4n) is 3.73. The molecule has 3 aliphatic rings. The lowest BCUT2D eigenvalue weighted by Crippen LogP contribution is -2.52. The normalized spacial score (nSPS) is 39.6. The van der Waals surface area contributed by atoms with Gasteiger partial charge in [-0.3, -0.25) is 9.59 Å². The lowest BCUT2D eigenvalue weighted by atomic mass is 9.89. The van der Waals surface area contributed by atoms with Crippen molar-refractivity contribution in [1.82, 2.24) is 10.2 Å². The molecule has 2 saturated heterocycles.